The predicted octanol–water partition coefficient (Wildman–Crippen LogP) is 2.00. The largest absolute Gasteiger partial charge is 0.468 e. The summed E-state index contributed by atoms with van der Waals surface area (Å²) in [4.78, 5) is 23.2. The van der Waals surface area contributed by atoms with Crippen molar-refractivity contribution in [2.45, 2.75) is 6.92 Å². The molecule has 0 saturated heterocycles. The number of carbonyl (C=O) groups is 2. The van der Waals surface area contributed by atoms with E-state index in [0.29, 0.717) is 6.54 Å². The lowest BCUT2D eigenvalue weighted by Crippen LogP contribution is -2.30. The summed E-state index contributed by atoms with van der Waals surface area (Å²) in [6, 6.07) is 7.49. The molecule has 1 aliphatic heterocycles. The quantitative estimate of drug-likeness (QED) is 0.798. The number of benzene rings is 1. The van der Waals surface area contributed by atoms with Crippen molar-refractivity contribution in [1.82, 2.24) is 0 Å². The number of hydrogen-bond donors (Lipinski definition) is 0. The Morgan fingerprint density at radius 1 is 1.37 bits per heavy atom. The van der Waals surface area contributed by atoms with E-state index in [1.807, 2.05) is 24.3 Å². The van der Waals surface area contributed by atoms with Gasteiger partial charge in [0.15, 0.2) is 5.78 Å². The Morgan fingerprint density at radius 2 is 2.00 bits per heavy atom. The van der Waals surface area contributed by atoms with Gasteiger partial charge in [0.2, 0.25) is 0 Å². The Hall–Kier alpha value is -1.69. The Morgan fingerprint density at radius 3 is 2.53 bits per heavy atom. The third kappa shape index (κ3) is 2.84. The predicted molar refractivity (Wildman–Crippen MR) is 75.1 cm³/mol. The Bertz CT molecular complexity index is 539. The first-order valence-electron chi connectivity index (χ1n) is 5.73. The summed E-state index contributed by atoms with van der Waals surface area (Å²) >= 11 is 3.35. The van der Waals surface area contributed by atoms with E-state index < -0.39 is 11.9 Å². The number of methoxy groups -OCH3 is 1. The molecule has 100 valence electrons. The highest BCUT2D eigenvalue weighted by Gasteiger charge is 2.36. The first-order chi connectivity index (χ1) is 9.02. The number of nitrogens with zero attached hydrogens (tertiary/aromatic N) is 2. The van der Waals surface area contributed by atoms with E-state index in [1.165, 1.54) is 14.0 Å². The molecular weight excluding hydrogens is 312 g/mol. The molecule has 0 saturated carbocycles. The number of anilines is 1. The third-order valence-corrected chi connectivity index (χ3v) is 3.41. The second-order valence-electron chi connectivity index (χ2n) is 4.18. The van der Waals surface area contributed by atoms with Crippen LogP contribution >= 0.6 is 15.9 Å². The number of hydrazone groups is 1. The molecule has 1 atom stereocenters. The highest BCUT2D eigenvalue weighted by atomic mass is 79.9. The summed E-state index contributed by atoms with van der Waals surface area (Å²) in [5, 5.41) is 5.87. The molecule has 19 heavy (non-hydrogen) atoms. The number of halogens is 1. The molecule has 1 aromatic rings. The minimum absolute atomic E-state index is 0.213. The van der Waals surface area contributed by atoms with E-state index in [4.69, 9.17) is 4.74 Å². The number of ether oxygens (including phenoxy) is 1. The van der Waals surface area contributed by atoms with Crippen molar-refractivity contribution in [3.05, 3.63) is 28.7 Å². The molecule has 0 fully saturated rings. The first kappa shape index (κ1) is 13.7. The molecule has 0 aliphatic carbocycles. The Balaban J connectivity index is 2.28. The summed E-state index contributed by atoms with van der Waals surface area (Å²) < 4.78 is 5.67. The zero-order valence-electron chi connectivity index (χ0n) is 10.6. The van der Waals surface area contributed by atoms with E-state index in [0.717, 1.165) is 10.2 Å². The zero-order valence-corrected chi connectivity index (χ0v) is 12.2. The number of ketones is 1. The number of hydrogen-bond acceptors (Lipinski definition) is 5. The minimum atomic E-state index is -0.619. The number of carbonyl (C=O) groups excluding carboxylic acids is 2. The third-order valence-electron chi connectivity index (χ3n) is 2.89. The van der Waals surface area contributed by atoms with Crippen LogP contribution in [-0.2, 0) is 14.3 Å². The van der Waals surface area contributed by atoms with E-state index >= 15 is 0 Å². The van der Waals surface area contributed by atoms with Crippen LogP contribution in [0.5, 0.6) is 0 Å². The molecule has 0 amide bonds. The SMILES string of the molecule is COC(=O)[C@@H]1CN(c2ccc(Br)cc2)N=C1C(C)=O. The van der Waals surface area contributed by atoms with E-state index in [9.17, 15) is 9.59 Å². The van der Waals surface area contributed by atoms with Gasteiger partial charge in [0.05, 0.1) is 19.3 Å². The maximum Gasteiger partial charge on any atom is 0.316 e. The fourth-order valence-electron chi connectivity index (χ4n) is 1.92. The standard InChI is InChI=1S/C13H13BrN2O3/c1-8(17)12-11(13(18)19-2)7-16(15-12)10-5-3-9(14)4-6-10/h3-6,11H,7H2,1-2H3/t11-/m1/s1. The Kier molecular flexibility index (Phi) is 3.99. The molecule has 6 heteroatoms. The molecule has 0 aromatic heterocycles. The highest BCUT2D eigenvalue weighted by molar-refractivity contribution is 9.10. The molecule has 0 bridgehead atoms. The van der Waals surface area contributed by atoms with Crippen molar-refractivity contribution in [1.29, 1.82) is 0 Å². The summed E-state index contributed by atoms with van der Waals surface area (Å²) in [5.74, 6) is -1.27. The molecule has 0 spiro atoms. The highest BCUT2D eigenvalue weighted by Crippen LogP contribution is 2.25. The smallest absolute Gasteiger partial charge is 0.316 e. The average molecular weight is 325 g/mol. The molecule has 2 rings (SSSR count). The minimum Gasteiger partial charge on any atom is -0.468 e. The zero-order chi connectivity index (χ0) is 14.0. The second kappa shape index (κ2) is 5.52. The fourth-order valence-corrected chi connectivity index (χ4v) is 2.18. The summed E-state index contributed by atoms with van der Waals surface area (Å²) in [7, 11) is 1.31. The van der Waals surface area contributed by atoms with Crippen molar-refractivity contribution in [3.63, 3.8) is 0 Å². The van der Waals surface area contributed by atoms with Gasteiger partial charge in [-0.25, -0.2) is 0 Å². The molecule has 0 unspecified atom stereocenters. The van der Waals surface area contributed by atoms with E-state index in [1.54, 1.807) is 5.01 Å². The van der Waals surface area contributed by atoms with Crippen LogP contribution in [0.25, 0.3) is 0 Å². The number of esters is 1. The van der Waals surface area contributed by atoms with Gasteiger partial charge in [-0.1, -0.05) is 15.9 Å². The molecule has 5 nitrogen and oxygen atoms in total. The van der Waals surface area contributed by atoms with Crippen molar-refractivity contribution >= 4 is 39.1 Å². The van der Waals surface area contributed by atoms with Crippen LogP contribution in [0.4, 0.5) is 5.69 Å². The van der Waals surface area contributed by atoms with E-state index in [2.05, 4.69) is 21.0 Å². The number of Topliss-reactive ketones (excluding diaryl/α,β-unsaturated/α-hetero) is 1. The normalized spacial score (nSPS) is 18.2. The van der Waals surface area contributed by atoms with Crippen LogP contribution in [-0.4, -0.2) is 31.1 Å². The van der Waals surface area contributed by atoms with Crippen molar-refractivity contribution in [2.24, 2.45) is 11.0 Å². The fraction of sp³-hybridized carbons (Fsp3) is 0.308. The van der Waals surface area contributed by atoms with Gasteiger partial charge in [0.1, 0.15) is 11.6 Å². The van der Waals surface area contributed by atoms with Gasteiger partial charge < -0.3 is 4.74 Å². The van der Waals surface area contributed by atoms with Crippen LogP contribution in [0.3, 0.4) is 0 Å². The van der Waals surface area contributed by atoms with Gasteiger partial charge in [-0.15, -0.1) is 0 Å². The molecule has 0 N–H and O–H groups in total. The molecule has 0 radical (unpaired) electrons. The monoisotopic (exact) mass is 324 g/mol. The second-order valence-corrected chi connectivity index (χ2v) is 5.09. The summed E-state index contributed by atoms with van der Waals surface area (Å²) in [6.07, 6.45) is 0. The van der Waals surface area contributed by atoms with Gasteiger partial charge in [0, 0.05) is 11.4 Å². The van der Waals surface area contributed by atoms with Gasteiger partial charge in [-0.3, -0.25) is 14.6 Å². The molecule has 1 heterocycles. The molecule has 1 aromatic carbocycles. The van der Waals surface area contributed by atoms with Gasteiger partial charge in [-0.2, -0.15) is 5.10 Å². The summed E-state index contributed by atoms with van der Waals surface area (Å²) in [5.41, 5.74) is 1.07. The van der Waals surface area contributed by atoms with Crippen molar-refractivity contribution < 1.29 is 14.3 Å². The average Bonchev–Trinajstić information content (AvgIpc) is 2.84. The lowest BCUT2D eigenvalue weighted by molar-refractivity contribution is -0.142. The van der Waals surface area contributed by atoms with Crippen molar-refractivity contribution in [2.75, 3.05) is 18.7 Å². The van der Waals surface area contributed by atoms with Crippen LogP contribution in [0.1, 0.15) is 6.92 Å². The Labute approximate surface area is 119 Å². The van der Waals surface area contributed by atoms with Crippen LogP contribution < -0.4 is 5.01 Å². The molecule has 1 aliphatic rings. The molecular formula is C13H13BrN2O3. The lowest BCUT2D eigenvalue weighted by atomic mass is 10.0. The van der Waals surface area contributed by atoms with Crippen LogP contribution in [0.15, 0.2) is 33.8 Å². The lowest BCUT2D eigenvalue weighted by Gasteiger charge is -2.14. The van der Waals surface area contributed by atoms with Gasteiger partial charge in [-0.05, 0) is 24.3 Å². The first-order valence-corrected chi connectivity index (χ1v) is 6.52. The maximum absolute atomic E-state index is 11.7. The maximum atomic E-state index is 11.7. The summed E-state index contributed by atoms with van der Waals surface area (Å²) in [6.45, 7) is 1.73. The topological polar surface area (TPSA) is 59.0 Å². The van der Waals surface area contributed by atoms with Crippen LogP contribution in [0, 0.1) is 5.92 Å². The van der Waals surface area contributed by atoms with Gasteiger partial charge in [0.25, 0.3) is 0 Å². The van der Waals surface area contributed by atoms with E-state index in [-0.39, 0.29) is 11.5 Å². The van der Waals surface area contributed by atoms with Gasteiger partial charge >= 0.3 is 5.97 Å². The van der Waals surface area contributed by atoms with Crippen LogP contribution in [0.2, 0.25) is 0 Å². The van der Waals surface area contributed by atoms with Crippen molar-refractivity contribution in [3.8, 4) is 0 Å². The number of rotatable bonds is 3.